The molecule has 0 aromatic heterocycles. The van der Waals surface area contributed by atoms with Gasteiger partial charge in [-0.05, 0) is 72.5 Å². The Kier molecular flexibility index (Phi) is 11.2. The second-order valence-corrected chi connectivity index (χ2v) is 8.56. The summed E-state index contributed by atoms with van der Waals surface area (Å²) in [5, 5.41) is 18.4. The number of allylic oxidation sites excluding steroid dienone is 1. The largest absolute Gasteiger partial charge is 0.494 e. The van der Waals surface area contributed by atoms with Gasteiger partial charge in [-0.25, -0.2) is 9.18 Å². The van der Waals surface area contributed by atoms with E-state index in [9.17, 15) is 23.9 Å². The Morgan fingerprint density at radius 3 is 2.33 bits per heavy atom. The summed E-state index contributed by atoms with van der Waals surface area (Å²) in [6, 6.07) is 18.9. The van der Waals surface area contributed by atoms with Crippen molar-refractivity contribution in [3.63, 3.8) is 0 Å². The van der Waals surface area contributed by atoms with E-state index < -0.39 is 18.0 Å². The highest BCUT2D eigenvalue weighted by Crippen LogP contribution is 2.17. The molecule has 0 aliphatic heterocycles. The lowest BCUT2D eigenvalue weighted by Crippen LogP contribution is -2.31. The van der Waals surface area contributed by atoms with Crippen LogP contribution in [0.25, 0.3) is 6.08 Å². The second-order valence-electron chi connectivity index (χ2n) is 8.56. The SMILES string of the molecule is O=C(O)Cc1cccc(C(=O)/C=C/c2cccc(OCC(OCCCCOc3ccc(F)cc3)C(=O)O)c2)c1. The zero-order valence-electron chi connectivity index (χ0n) is 21.1. The number of carbonyl (C=O) groups excluding carboxylic acids is 1. The number of ether oxygens (including phenoxy) is 3. The molecule has 0 aliphatic rings. The average Bonchev–Trinajstić information content (AvgIpc) is 2.91. The normalized spacial score (nSPS) is 11.7. The number of hydrogen-bond donors (Lipinski definition) is 2. The molecule has 0 saturated carbocycles. The molecule has 9 heteroatoms. The molecule has 0 fully saturated rings. The van der Waals surface area contributed by atoms with Crippen molar-refractivity contribution in [1.29, 1.82) is 0 Å². The first-order valence-electron chi connectivity index (χ1n) is 12.3. The van der Waals surface area contributed by atoms with Gasteiger partial charge in [0.05, 0.1) is 13.0 Å². The number of carboxylic acid groups (broad SMARTS) is 2. The number of halogens is 1. The molecule has 1 unspecified atom stereocenters. The smallest absolute Gasteiger partial charge is 0.336 e. The van der Waals surface area contributed by atoms with Gasteiger partial charge in [0.15, 0.2) is 11.9 Å². The maximum Gasteiger partial charge on any atom is 0.336 e. The molecule has 2 N–H and O–H groups in total. The molecule has 0 heterocycles. The van der Waals surface area contributed by atoms with Gasteiger partial charge >= 0.3 is 11.9 Å². The minimum absolute atomic E-state index is 0.169. The van der Waals surface area contributed by atoms with E-state index in [2.05, 4.69) is 0 Å². The molecule has 0 radical (unpaired) electrons. The number of ketones is 1. The van der Waals surface area contributed by atoms with Gasteiger partial charge in [0.1, 0.15) is 23.9 Å². The second kappa shape index (κ2) is 15.0. The van der Waals surface area contributed by atoms with Gasteiger partial charge in [0.2, 0.25) is 0 Å². The predicted molar refractivity (Wildman–Crippen MR) is 142 cm³/mol. The molecular formula is C30H29FO8. The van der Waals surface area contributed by atoms with E-state index in [0.29, 0.717) is 47.6 Å². The van der Waals surface area contributed by atoms with Crippen molar-refractivity contribution in [2.75, 3.05) is 19.8 Å². The monoisotopic (exact) mass is 536 g/mol. The van der Waals surface area contributed by atoms with Crippen molar-refractivity contribution in [1.82, 2.24) is 0 Å². The maximum atomic E-state index is 12.9. The third kappa shape index (κ3) is 10.4. The van der Waals surface area contributed by atoms with Crippen LogP contribution in [-0.4, -0.2) is 53.9 Å². The average molecular weight is 537 g/mol. The van der Waals surface area contributed by atoms with Crippen molar-refractivity contribution in [2.24, 2.45) is 0 Å². The van der Waals surface area contributed by atoms with Gasteiger partial charge in [-0.2, -0.15) is 0 Å². The van der Waals surface area contributed by atoms with Crippen LogP contribution in [0.5, 0.6) is 11.5 Å². The number of rotatable bonds is 16. The third-order valence-electron chi connectivity index (χ3n) is 5.47. The summed E-state index contributed by atoms with van der Waals surface area (Å²) in [6.07, 6.45) is 2.83. The van der Waals surface area contributed by atoms with Crippen LogP contribution < -0.4 is 9.47 Å². The van der Waals surface area contributed by atoms with Gasteiger partial charge in [-0.1, -0.05) is 36.4 Å². The van der Waals surface area contributed by atoms with Crippen molar-refractivity contribution in [3.05, 3.63) is 101 Å². The summed E-state index contributed by atoms with van der Waals surface area (Å²) in [4.78, 5) is 35.0. The van der Waals surface area contributed by atoms with Gasteiger partial charge in [-0.15, -0.1) is 0 Å². The Bertz CT molecular complexity index is 1290. The quantitative estimate of drug-likeness (QED) is 0.148. The molecular weight excluding hydrogens is 507 g/mol. The Morgan fingerprint density at radius 2 is 1.59 bits per heavy atom. The van der Waals surface area contributed by atoms with Crippen molar-refractivity contribution < 1.29 is 43.2 Å². The lowest BCUT2D eigenvalue weighted by molar-refractivity contribution is -0.152. The molecule has 39 heavy (non-hydrogen) atoms. The summed E-state index contributed by atoms with van der Waals surface area (Å²) in [5.74, 6) is -1.78. The summed E-state index contributed by atoms with van der Waals surface area (Å²) < 4.78 is 29.5. The fourth-order valence-electron chi connectivity index (χ4n) is 3.50. The van der Waals surface area contributed by atoms with E-state index >= 15 is 0 Å². The van der Waals surface area contributed by atoms with E-state index in [1.165, 1.54) is 30.3 Å². The number of aliphatic carboxylic acids is 2. The summed E-state index contributed by atoms with van der Waals surface area (Å²) in [5.41, 5.74) is 1.57. The Balaban J connectivity index is 1.44. The number of carbonyl (C=O) groups is 3. The Labute approximate surface area is 225 Å². The third-order valence-corrected chi connectivity index (χ3v) is 5.47. The highest BCUT2D eigenvalue weighted by molar-refractivity contribution is 6.07. The molecule has 3 rings (SSSR count). The minimum atomic E-state index is -1.16. The molecule has 1 atom stereocenters. The minimum Gasteiger partial charge on any atom is -0.494 e. The van der Waals surface area contributed by atoms with Crippen LogP contribution >= 0.6 is 0 Å². The van der Waals surface area contributed by atoms with E-state index in [4.69, 9.17) is 19.3 Å². The summed E-state index contributed by atoms with van der Waals surface area (Å²) >= 11 is 0. The van der Waals surface area contributed by atoms with Crippen LogP contribution in [0.15, 0.2) is 78.9 Å². The predicted octanol–water partition coefficient (Wildman–Crippen LogP) is 5.06. The lowest BCUT2D eigenvalue weighted by Gasteiger charge is -2.15. The van der Waals surface area contributed by atoms with Gasteiger partial charge in [0.25, 0.3) is 0 Å². The van der Waals surface area contributed by atoms with E-state index in [1.54, 1.807) is 54.6 Å². The fourth-order valence-corrected chi connectivity index (χ4v) is 3.50. The number of hydrogen-bond acceptors (Lipinski definition) is 6. The molecule has 8 nitrogen and oxygen atoms in total. The highest BCUT2D eigenvalue weighted by atomic mass is 19.1. The maximum absolute atomic E-state index is 12.9. The standard InChI is InChI=1S/C30H29FO8/c31-24-10-12-25(13-11-24)37-15-1-2-16-38-28(30(35)36)20-39-26-8-4-5-21(18-26)9-14-27(32)23-7-3-6-22(17-23)19-29(33)34/h3-14,17-18,28H,1-2,15-16,19-20H2,(H,33,34)(H,35,36)/b14-9+. The molecule has 0 bridgehead atoms. The number of benzene rings is 3. The molecule has 204 valence electrons. The molecule has 0 spiro atoms. The van der Waals surface area contributed by atoms with Gasteiger partial charge < -0.3 is 24.4 Å². The van der Waals surface area contributed by atoms with Crippen molar-refractivity contribution in [2.45, 2.75) is 25.4 Å². The molecule has 0 saturated heterocycles. The Hall–Kier alpha value is -4.50. The van der Waals surface area contributed by atoms with Crippen molar-refractivity contribution in [3.8, 4) is 11.5 Å². The van der Waals surface area contributed by atoms with Crippen LogP contribution in [0, 0.1) is 5.82 Å². The van der Waals surface area contributed by atoms with Crippen LogP contribution in [-0.2, 0) is 20.7 Å². The van der Waals surface area contributed by atoms with Crippen molar-refractivity contribution >= 4 is 23.8 Å². The van der Waals surface area contributed by atoms with Crippen LogP contribution in [0.3, 0.4) is 0 Å². The highest BCUT2D eigenvalue weighted by Gasteiger charge is 2.19. The van der Waals surface area contributed by atoms with Crippen LogP contribution in [0.4, 0.5) is 4.39 Å². The van der Waals surface area contributed by atoms with E-state index in [-0.39, 0.29) is 31.2 Å². The molecule has 3 aromatic carbocycles. The first-order chi connectivity index (χ1) is 18.8. The van der Waals surface area contributed by atoms with Gasteiger partial charge in [-0.3, -0.25) is 9.59 Å². The Morgan fingerprint density at radius 1 is 0.846 bits per heavy atom. The summed E-state index contributed by atoms with van der Waals surface area (Å²) in [7, 11) is 0. The van der Waals surface area contributed by atoms with E-state index in [0.717, 1.165) is 0 Å². The first kappa shape index (κ1) is 29.1. The summed E-state index contributed by atoms with van der Waals surface area (Å²) in [6.45, 7) is 0.384. The van der Waals surface area contributed by atoms with E-state index in [1.807, 2.05) is 0 Å². The van der Waals surface area contributed by atoms with Crippen LogP contribution in [0.1, 0.15) is 34.3 Å². The molecule has 3 aromatic rings. The zero-order chi connectivity index (χ0) is 28.0. The number of carboxylic acids is 2. The van der Waals surface area contributed by atoms with Gasteiger partial charge in [0, 0.05) is 12.2 Å². The van der Waals surface area contributed by atoms with Crippen LogP contribution in [0.2, 0.25) is 0 Å². The molecule has 0 aliphatic carbocycles. The topological polar surface area (TPSA) is 119 Å². The number of unbranched alkanes of at least 4 members (excludes halogenated alkanes) is 1. The molecule has 0 amide bonds. The fraction of sp³-hybridized carbons (Fsp3) is 0.233. The first-order valence-corrected chi connectivity index (χ1v) is 12.3. The zero-order valence-corrected chi connectivity index (χ0v) is 21.1. The lowest BCUT2D eigenvalue weighted by atomic mass is 10.0.